The van der Waals surface area contributed by atoms with Crippen molar-refractivity contribution < 1.29 is 9.21 Å². The maximum Gasteiger partial charge on any atom is 0.286 e. The normalized spacial score (nSPS) is 9.83. The molecule has 4 nitrogen and oxygen atoms in total. The Balaban J connectivity index is 2.70. The highest BCUT2D eigenvalue weighted by Crippen LogP contribution is 2.07. The number of nitrogens with one attached hydrogen (secondary N) is 1. The third kappa shape index (κ3) is 1.85. The Morgan fingerprint density at radius 1 is 1.67 bits per heavy atom. The van der Waals surface area contributed by atoms with E-state index in [-0.39, 0.29) is 5.91 Å². The highest BCUT2D eigenvalue weighted by molar-refractivity contribution is 5.91. The molecule has 1 rings (SSSR count). The standard InChI is InChI=1S/C8H12N2O2/c1-10-8(11)7-3-2-6(12-7)4-5-9/h2-3H,4-5,9H2,1H3,(H,10,11). The van der Waals surface area contributed by atoms with Crippen LogP contribution in [0.3, 0.4) is 0 Å². The van der Waals surface area contributed by atoms with Gasteiger partial charge in [0.2, 0.25) is 0 Å². The Labute approximate surface area is 70.7 Å². The van der Waals surface area contributed by atoms with Crippen LogP contribution in [-0.2, 0) is 6.42 Å². The van der Waals surface area contributed by atoms with Crippen molar-refractivity contribution in [3.63, 3.8) is 0 Å². The number of nitrogens with two attached hydrogens (primary N) is 1. The van der Waals surface area contributed by atoms with Gasteiger partial charge in [-0.25, -0.2) is 0 Å². The van der Waals surface area contributed by atoms with E-state index in [1.165, 1.54) is 0 Å². The van der Waals surface area contributed by atoms with Crippen LogP contribution in [-0.4, -0.2) is 19.5 Å². The second kappa shape index (κ2) is 3.92. The number of amides is 1. The van der Waals surface area contributed by atoms with E-state index < -0.39 is 0 Å². The molecule has 0 aliphatic rings. The molecular weight excluding hydrogens is 156 g/mol. The molecular formula is C8H12N2O2. The summed E-state index contributed by atoms with van der Waals surface area (Å²) in [6.45, 7) is 0.528. The first kappa shape index (κ1) is 8.80. The fourth-order valence-electron chi connectivity index (χ4n) is 0.900. The molecule has 1 aromatic rings. The highest BCUT2D eigenvalue weighted by Gasteiger charge is 2.07. The van der Waals surface area contributed by atoms with Crippen LogP contribution in [0.2, 0.25) is 0 Å². The summed E-state index contributed by atoms with van der Waals surface area (Å²) in [5.74, 6) is 0.871. The molecule has 1 aromatic heterocycles. The van der Waals surface area contributed by atoms with Crippen LogP contribution in [0.15, 0.2) is 16.5 Å². The molecule has 12 heavy (non-hydrogen) atoms. The van der Waals surface area contributed by atoms with Gasteiger partial charge in [-0.15, -0.1) is 0 Å². The van der Waals surface area contributed by atoms with E-state index >= 15 is 0 Å². The quantitative estimate of drug-likeness (QED) is 0.674. The number of rotatable bonds is 3. The van der Waals surface area contributed by atoms with Gasteiger partial charge in [0.05, 0.1) is 0 Å². The van der Waals surface area contributed by atoms with Gasteiger partial charge in [-0.05, 0) is 18.7 Å². The minimum atomic E-state index is -0.210. The minimum Gasteiger partial charge on any atom is -0.456 e. The predicted octanol–water partition coefficient (Wildman–Crippen LogP) is 0.140. The SMILES string of the molecule is CNC(=O)c1ccc(CCN)o1. The molecule has 66 valence electrons. The van der Waals surface area contributed by atoms with Crippen molar-refractivity contribution in [2.75, 3.05) is 13.6 Å². The lowest BCUT2D eigenvalue weighted by molar-refractivity contribution is 0.0934. The Hall–Kier alpha value is -1.29. The topological polar surface area (TPSA) is 68.3 Å². The van der Waals surface area contributed by atoms with Gasteiger partial charge in [-0.2, -0.15) is 0 Å². The summed E-state index contributed by atoms with van der Waals surface area (Å²) in [5, 5.41) is 2.47. The Kier molecular flexibility index (Phi) is 2.88. The van der Waals surface area contributed by atoms with E-state index in [1.807, 2.05) is 0 Å². The summed E-state index contributed by atoms with van der Waals surface area (Å²) in [4.78, 5) is 11.0. The molecule has 0 aromatic carbocycles. The Bertz CT molecular complexity index is 268. The van der Waals surface area contributed by atoms with E-state index in [4.69, 9.17) is 10.2 Å². The Morgan fingerprint density at radius 2 is 2.42 bits per heavy atom. The third-order valence-corrected chi connectivity index (χ3v) is 1.50. The fourth-order valence-corrected chi connectivity index (χ4v) is 0.900. The number of carbonyl (C=O) groups excluding carboxylic acids is 1. The first-order chi connectivity index (χ1) is 5.77. The van der Waals surface area contributed by atoms with Crippen molar-refractivity contribution in [3.05, 3.63) is 23.7 Å². The smallest absolute Gasteiger partial charge is 0.286 e. The summed E-state index contributed by atoms with van der Waals surface area (Å²) in [6, 6.07) is 3.40. The number of carbonyl (C=O) groups is 1. The van der Waals surface area contributed by atoms with Crippen LogP contribution in [0.25, 0.3) is 0 Å². The predicted molar refractivity (Wildman–Crippen MR) is 44.9 cm³/mol. The van der Waals surface area contributed by atoms with Crippen molar-refractivity contribution in [1.29, 1.82) is 0 Å². The molecule has 0 spiro atoms. The van der Waals surface area contributed by atoms with Gasteiger partial charge in [0.15, 0.2) is 5.76 Å². The summed E-state index contributed by atoms with van der Waals surface area (Å²) in [5.41, 5.74) is 5.32. The van der Waals surface area contributed by atoms with E-state index in [2.05, 4.69) is 5.32 Å². The molecule has 0 radical (unpaired) electrons. The van der Waals surface area contributed by atoms with Gasteiger partial charge in [0, 0.05) is 13.5 Å². The summed E-state index contributed by atoms with van der Waals surface area (Å²) < 4.78 is 5.18. The van der Waals surface area contributed by atoms with Gasteiger partial charge in [0.1, 0.15) is 5.76 Å². The molecule has 0 saturated carbocycles. The Morgan fingerprint density at radius 3 is 3.00 bits per heavy atom. The molecule has 0 unspecified atom stereocenters. The summed E-state index contributed by atoms with van der Waals surface area (Å²) in [7, 11) is 1.56. The van der Waals surface area contributed by atoms with Crippen LogP contribution in [0.5, 0.6) is 0 Å². The lowest BCUT2D eigenvalue weighted by atomic mass is 10.3. The molecule has 0 fully saturated rings. The zero-order valence-corrected chi connectivity index (χ0v) is 6.96. The average Bonchev–Trinajstić information content (AvgIpc) is 2.52. The highest BCUT2D eigenvalue weighted by atomic mass is 16.3. The molecule has 1 amide bonds. The maximum absolute atomic E-state index is 11.0. The van der Waals surface area contributed by atoms with Gasteiger partial charge in [-0.3, -0.25) is 4.79 Å². The number of hydrogen-bond donors (Lipinski definition) is 2. The van der Waals surface area contributed by atoms with E-state index in [0.717, 1.165) is 5.76 Å². The lowest BCUT2D eigenvalue weighted by Crippen LogP contribution is -2.16. The van der Waals surface area contributed by atoms with Crippen molar-refractivity contribution in [2.24, 2.45) is 5.73 Å². The van der Waals surface area contributed by atoms with Crippen LogP contribution < -0.4 is 11.1 Å². The molecule has 0 atom stereocenters. The molecule has 0 bridgehead atoms. The molecule has 3 N–H and O–H groups in total. The van der Waals surface area contributed by atoms with Crippen LogP contribution in [0.1, 0.15) is 16.3 Å². The zero-order chi connectivity index (χ0) is 8.97. The van der Waals surface area contributed by atoms with Crippen LogP contribution in [0.4, 0.5) is 0 Å². The zero-order valence-electron chi connectivity index (χ0n) is 6.96. The van der Waals surface area contributed by atoms with Crippen molar-refractivity contribution in [3.8, 4) is 0 Å². The maximum atomic E-state index is 11.0. The lowest BCUT2D eigenvalue weighted by Gasteiger charge is -1.93. The fraction of sp³-hybridized carbons (Fsp3) is 0.375. The molecule has 0 aliphatic carbocycles. The molecule has 0 saturated heterocycles. The monoisotopic (exact) mass is 168 g/mol. The second-order valence-corrected chi connectivity index (χ2v) is 2.38. The van der Waals surface area contributed by atoms with E-state index in [9.17, 15) is 4.79 Å². The average molecular weight is 168 g/mol. The van der Waals surface area contributed by atoms with E-state index in [1.54, 1.807) is 19.2 Å². The largest absolute Gasteiger partial charge is 0.456 e. The third-order valence-electron chi connectivity index (χ3n) is 1.50. The molecule has 1 heterocycles. The summed E-state index contributed by atoms with van der Waals surface area (Å²) in [6.07, 6.45) is 0.664. The van der Waals surface area contributed by atoms with Crippen LogP contribution in [0, 0.1) is 0 Å². The number of furan rings is 1. The van der Waals surface area contributed by atoms with Gasteiger partial charge >= 0.3 is 0 Å². The van der Waals surface area contributed by atoms with Crippen molar-refractivity contribution >= 4 is 5.91 Å². The molecule has 0 aliphatic heterocycles. The first-order valence-electron chi connectivity index (χ1n) is 3.78. The van der Waals surface area contributed by atoms with Gasteiger partial charge in [-0.1, -0.05) is 0 Å². The van der Waals surface area contributed by atoms with Gasteiger partial charge < -0.3 is 15.5 Å². The molecule has 4 heteroatoms. The first-order valence-corrected chi connectivity index (χ1v) is 3.78. The minimum absolute atomic E-state index is 0.210. The van der Waals surface area contributed by atoms with Crippen molar-refractivity contribution in [2.45, 2.75) is 6.42 Å². The second-order valence-electron chi connectivity index (χ2n) is 2.38. The van der Waals surface area contributed by atoms with Gasteiger partial charge in [0.25, 0.3) is 5.91 Å². The number of hydrogen-bond acceptors (Lipinski definition) is 3. The van der Waals surface area contributed by atoms with Crippen molar-refractivity contribution in [1.82, 2.24) is 5.32 Å². The van der Waals surface area contributed by atoms with E-state index in [0.29, 0.717) is 18.7 Å². The summed E-state index contributed by atoms with van der Waals surface area (Å²) >= 11 is 0. The van der Waals surface area contributed by atoms with Crippen LogP contribution >= 0.6 is 0 Å².